The van der Waals surface area contributed by atoms with Crippen molar-refractivity contribution < 1.29 is 4.79 Å². The fourth-order valence-corrected chi connectivity index (χ4v) is 1.77. The van der Waals surface area contributed by atoms with Crippen LogP contribution in [-0.2, 0) is 4.79 Å². The van der Waals surface area contributed by atoms with E-state index in [1.54, 1.807) is 6.08 Å². The van der Waals surface area contributed by atoms with Crippen LogP contribution in [0.1, 0.15) is 19.3 Å². The van der Waals surface area contributed by atoms with Gasteiger partial charge in [-0.05, 0) is 19.3 Å². The van der Waals surface area contributed by atoms with Gasteiger partial charge in [-0.1, -0.05) is 6.08 Å². The van der Waals surface area contributed by atoms with Crippen molar-refractivity contribution in [1.82, 2.24) is 10.2 Å². The van der Waals surface area contributed by atoms with E-state index in [4.69, 9.17) is 0 Å². The lowest BCUT2D eigenvalue weighted by molar-refractivity contribution is -0.129. The summed E-state index contributed by atoms with van der Waals surface area (Å²) in [5, 5.41) is 3.37. The van der Waals surface area contributed by atoms with Gasteiger partial charge in [-0.15, -0.1) is 6.58 Å². The Labute approximate surface area is 78.8 Å². The lowest BCUT2D eigenvalue weighted by Crippen LogP contribution is -2.39. The molecule has 0 aromatic rings. The first kappa shape index (κ1) is 8.75. The molecule has 1 aliphatic heterocycles. The van der Waals surface area contributed by atoms with Crippen molar-refractivity contribution in [3.05, 3.63) is 12.7 Å². The van der Waals surface area contributed by atoms with E-state index in [1.807, 2.05) is 4.90 Å². The van der Waals surface area contributed by atoms with Gasteiger partial charge in [0.15, 0.2) is 0 Å². The molecule has 1 N–H and O–H groups in total. The highest BCUT2D eigenvalue weighted by molar-refractivity contribution is 5.84. The standard InChI is InChI=1S/C10H16N2O/c1-2-6-12-7-5-9(10(12)13)11-8-3-4-8/h2,8-9,11H,1,3-7H2. The molecule has 1 aliphatic carbocycles. The minimum atomic E-state index is 0.0902. The van der Waals surface area contributed by atoms with Crippen LogP contribution in [0.2, 0.25) is 0 Å². The zero-order valence-corrected chi connectivity index (χ0v) is 7.83. The molecule has 2 fully saturated rings. The quantitative estimate of drug-likeness (QED) is 0.640. The lowest BCUT2D eigenvalue weighted by atomic mass is 10.2. The Balaban J connectivity index is 1.85. The van der Waals surface area contributed by atoms with Crippen molar-refractivity contribution in [3.63, 3.8) is 0 Å². The minimum Gasteiger partial charge on any atom is -0.338 e. The zero-order chi connectivity index (χ0) is 9.26. The number of hydrogen-bond donors (Lipinski definition) is 1. The molecule has 0 radical (unpaired) electrons. The van der Waals surface area contributed by atoms with E-state index in [2.05, 4.69) is 11.9 Å². The monoisotopic (exact) mass is 180 g/mol. The summed E-state index contributed by atoms with van der Waals surface area (Å²) in [6.07, 6.45) is 5.23. The Kier molecular flexibility index (Phi) is 2.36. The third-order valence-electron chi connectivity index (χ3n) is 2.66. The highest BCUT2D eigenvalue weighted by atomic mass is 16.2. The summed E-state index contributed by atoms with van der Waals surface area (Å²) in [6.45, 7) is 5.22. The number of likely N-dealkylation sites (tertiary alicyclic amines) is 1. The van der Waals surface area contributed by atoms with Gasteiger partial charge >= 0.3 is 0 Å². The molecule has 0 aromatic carbocycles. The second kappa shape index (κ2) is 3.50. The highest BCUT2D eigenvalue weighted by Crippen LogP contribution is 2.22. The van der Waals surface area contributed by atoms with Crippen LogP contribution < -0.4 is 5.32 Å². The summed E-state index contributed by atoms with van der Waals surface area (Å²) in [6, 6.07) is 0.713. The number of nitrogens with one attached hydrogen (secondary N) is 1. The number of rotatable bonds is 4. The predicted octanol–water partition coefficient (Wildman–Crippen LogP) is 0.525. The zero-order valence-electron chi connectivity index (χ0n) is 7.83. The third kappa shape index (κ3) is 1.91. The largest absolute Gasteiger partial charge is 0.338 e. The molecule has 1 saturated heterocycles. The average Bonchev–Trinajstić information content (AvgIpc) is 2.86. The van der Waals surface area contributed by atoms with Crippen LogP contribution in [0.5, 0.6) is 0 Å². The fourth-order valence-electron chi connectivity index (χ4n) is 1.77. The number of nitrogens with zero attached hydrogens (tertiary/aromatic N) is 1. The van der Waals surface area contributed by atoms with Crippen LogP contribution in [0.15, 0.2) is 12.7 Å². The first-order valence-electron chi connectivity index (χ1n) is 4.97. The molecular weight excluding hydrogens is 164 g/mol. The van der Waals surface area contributed by atoms with E-state index < -0.39 is 0 Å². The van der Waals surface area contributed by atoms with Crippen molar-refractivity contribution in [2.75, 3.05) is 13.1 Å². The van der Waals surface area contributed by atoms with Gasteiger partial charge in [-0.3, -0.25) is 4.79 Å². The number of amides is 1. The lowest BCUT2D eigenvalue weighted by Gasteiger charge is -2.14. The Hall–Kier alpha value is -0.830. The van der Waals surface area contributed by atoms with Gasteiger partial charge in [0.2, 0.25) is 5.91 Å². The van der Waals surface area contributed by atoms with Gasteiger partial charge in [-0.25, -0.2) is 0 Å². The summed E-state index contributed by atoms with van der Waals surface area (Å²) >= 11 is 0. The molecule has 3 heteroatoms. The third-order valence-corrected chi connectivity index (χ3v) is 2.66. The van der Waals surface area contributed by atoms with E-state index in [-0.39, 0.29) is 11.9 Å². The molecule has 1 amide bonds. The molecule has 13 heavy (non-hydrogen) atoms. The number of hydrogen-bond acceptors (Lipinski definition) is 2. The van der Waals surface area contributed by atoms with Crippen LogP contribution in [-0.4, -0.2) is 36.0 Å². The molecule has 1 saturated carbocycles. The molecule has 2 aliphatic rings. The molecule has 1 heterocycles. The second-order valence-corrected chi connectivity index (χ2v) is 3.86. The second-order valence-electron chi connectivity index (χ2n) is 3.86. The maximum Gasteiger partial charge on any atom is 0.240 e. The Bertz CT molecular complexity index is 223. The Morgan fingerprint density at radius 3 is 2.92 bits per heavy atom. The minimum absolute atomic E-state index is 0.0902. The Morgan fingerprint density at radius 2 is 2.31 bits per heavy atom. The van der Waals surface area contributed by atoms with Crippen LogP contribution in [0.4, 0.5) is 0 Å². The van der Waals surface area contributed by atoms with Crippen molar-refractivity contribution in [2.45, 2.75) is 31.3 Å². The molecule has 0 bridgehead atoms. The van der Waals surface area contributed by atoms with E-state index in [0.717, 1.165) is 13.0 Å². The maximum atomic E-state index is 11.7. The SMILES string of the molecule is C=CCN1CCC(NC2CC2)C1=O. The number of carbonyl (C=O) groups excluding carboxylic acids is 1. The van der Waals surface area contributed by atoms with Crippen molar-refractivity contribution in [3.8, 4) is 0 Å². The first-order chi connectivity index (χ1) is 6.31. The van der Waals surface area contributed by atoms with E-state index >= 15 is 0 Å². The van der Waals surface area contributed by atoms with E-state index in [0.29, 0.717) is 12.6 Å². The molecule has 3 nitrogen and oxygen atoms in total. The van der Waals surface area contributed by atoms with Crippen molar-refractivity contribution >= 4 is 5.91 Å². The molecule has 0 aromatic heterocycles. The molecule has 1 atom stereocenters. The van der Waals surface area contributed by atoms with Gasteiger partial charge in [0, 0.05) is 19.1 Å². The summed E-state index contributed by atoms with van der Waals surface area (Å²) in [4.78, 5) is 13.5. The van der Waals surface area contributed by atoms with Gasteiger partial charge in [0.05, 0.1) is 6.04 Å². The van der Waals surface area contributed by atoms with Gasteiger partial charge in [0.1, 0.15) is 0 Å². The molecule has 1 unspecified atom stereocenters. The molecule has 72 valence electrons. The van der Waals surface area contributed by atoms with Crippen molar-refractivity contribution in [2.24, 2.45) is 0 Å². The Morgan fingerprint density at radius 1 is 1.54 bits per heavy atom. The van der Waals surface area contributed by atoms with Crippen LogP contribution in [0.3, 0.4) is 0 Å². The van der Waals surface area contributed by atoms with Crippen LogP contribution >= 0.6 is 0 Å². The molecular formula is C10H16N2O. The fraction of sp³-hybridized carbons (Fsp3) is 0.700. The van der Waals surface area contributed by atoms with Gasteiger partial charge in [-0.2, -0.15) is 0 Å². The van der Waals surface area contributed by atoms with Crippen LogP contribution in [0, 0.1) is 0 Å². The summed E-state index contributed by atoms with van der Waals surface area (Å²) < 4.78 is 0. The van der Waals surface area contributed by atoms with Gasteiger partial charge in [0.25, 0.3) is 0 Å². The van der Waals surface area contributed by atoms with Gasteiger partial charge < -0.3 is 10.2 Å². The van der Waals surface area contributed by atoms with E-state index in [9.17, 15) is 4.79 Å². The normalized spacial score (nSPS) is 28.2. The molecule has 0 spiro atoms. The highest BCUT2D eigenvalue weighted by Gasteiger charge is 2.34. The smallest absolute Gasteiger partial charge is 0.240 e. The van der Waals surface area contributed by atoms with Crippen LogP contribution in [0.25, 0.3) is 0 Å². The first-order valence-corrected chi connectivity index (χ1v) is 4.97. The predicted molar refractivity (Wildman–Crippen MR) is 51.3 cm³/mol. The average molecular weight is 180 g/mol. The number of carbonyl (C=O) groups is 1. The topological polar surface area (TPSA) is 32.3 Å². The molecule has 2 rings (SSSR count). The maximum absolute atomic E-state index is 11.7. The summed E-state index contributed by atoms with van der Waals surface area (Å²) in [5.41, 5.74) is 0. The van der Waals surface area contributed by atoms with E-state index in [1.165, 1.54) is 12.8 Å². The summed E-state index contributed by atoms with van der Waals surface area (Å²) in [5.74, 6) is 0.256. The summed E-state index contributed by atoms with van der Waals surface area (Å²) in [7, 11) is 0. The van der Waals surface area contributed by atoms with Crippen molar-refractivity contribution in [1.29, 1.82) is 0 Å².